The average molecular weight is 393 g/mol. The van der Waals surface area contributed by atoms with E-state index in [1.165, 1.54) is 0 Å². The molecule has 0 amide bonds. The lowest BCUT2D eigenvalue weighted by molar-refractivity contribution is 0.0965. The van der Waals surface area contributed by atoms with Gasteiger partial charge in [0.25, 0.3) is 0 Å². The summed E-state index contributed by atoms with van der Waals surface area (Å²) in [5.41, 5.74) is 7.88. The summed E-state index contributed by atoms with van der Waals surface area (Å²) in [6.45, 7) is 4.32. The van der Waals surface area contributed by atoms with Gasteiger partial charge >= 0.3 is 0 Å². The van der Waals surface area contributed by atoms with E-state index in [-0.39, 0.29) is 18.1 Å². The normalized spacial score (nSPS) is 20.5. The van der Waals surface area contributed by atoms with Crippen molar-refractivity contribution < 1.29 is 4.74 Å². The van der Waals surface area contributed by atoms with E-state index in [4.69, 9.17) is 10.5 Å². The molecule has 2 aromatic rings. The van der Waals surface area contributed by atoms with Gasteiger partial charge in [0, 0.05) is 43.6 Å². The Morgan fingerprint density at radius 2 is 2.25 bits per heavy atom. The largest absolute Gasteiger partial charge is 0.378 e. The number of aryl methyl sites for hydroxylation is 1. The van der Waals surface area contributed by atoms with Gasteiger partial charge in [-0.25, -0.2) is 4.98 Å². The van der Waals surface area contributed by atoms with Crippen molar-refractivity contribution in [2.75, 3.05) is 30.8 Å². The molecule has 0 saturated carbocycles. The molecule has 0 aromatic carbocycles. The number of nitrogen functional groups attached to an aromatic ring is 1. The van der Waals surface area contributed by atoms with E-state index in [0.717, 1.165) is 34.6 Å². The van der Waals surface area contributed by atoms with Gasteiger partial charge in [0.1, 0.15) is 5.82 Å². The van der Waals surface area contributed by atoms with Crippen molar-refractivity contribution in [1.82, 2.24) is 20.3 Å². The lowest BCUT2D eigenvalue weighted by Crippen LogP contribution is -2.40. The maximum Gasteiger partial charge on any atom is 0.221 e. The minimum atomic E-state index is 0.0805. The minimum absolute atomic E-state index is 0.0805. The number of aromatic nitrogens is 3. The van der Waals surface area contributed by atoms with Crippen LogP contribution in [0.1, 0.15) is 11.3 Å². The number of nitrogens with two attached hydrogens (primary N) is 1. The highest BCUT2D eigenvalue weighted by Crippen LogP contribution is 2.21. The van der Waals surface area contributed by atoms with Gasteiger partial charge in [-0.3, -0.25) is 4.98 Å². The summed E-state index contributed by atoms with van der Waals surface area (Å²) in [5.74, 6) is 1.11. The molecule has 128 valence electrons. The fraction of sp³-hybridized carbons (Fsp3) is 0.438. The average Bonchev–Trinajstić information content (AvgIpc) is 2.97. The van der Waals surface area contributed by atoms with E-state index >= 15 is 0 Å². The first-order valence-corrected chi connectivity index (χ1v) is 8.57. The number of anilines is 2. The molecule has 3 N–H and O–H groups in total. The van der Waals surface area contributed by atoms with Gasteiger partial charge in [-0.05, 0) is 40.5 Å². The van der Waals surface area contributed by atoms with Crippen LogP contribution >= 0.6 is 15.9 Å². The topological polar surface area (TPSA) is 89.2 Å². The molecule has 0 aliphatic carbocycles. The smallest absolute Gasteiger partial charge is 0.221 e. The van der Waals surface area contributed by atoms with E-state index in [0.29, 0.717) is 6.54 Å². The Hall–Kier alpha value is -1.77. The van der Waals surface area contributed by atoms with Crippen LogP contribution in [0.4, 0.5) is 11.8 Å². The number of nitrogens with one attached hydrogen (secondary N) is 1. The lowest BCUT2D eigenvalue weighted by atomic mass is 10.2. The second-order valence-electron chi connectivity index (χ2n) is 5.86. The summed E-state index contributed by atoms with van der Waals surface area (Å²) < 4.78 is 6.63. The van der Waals surface area contributed by atoms with E-state index in [9.17, 15) is 0 Å². The zero-order valence-electron chi connectivity index (χ0n) is 13.7. The van der Waals surface area contributed by atoms with Crippen LogP contribution in [0.15, 0.2) is 29.0 Å². The fourth-order valence-electron chi connectivity index (χ4n) is 2.92. The number of halogens is 1. The summed E-state index contributed by atoms with van der Waals surface area (Å²) >= 11 is 3.44. The van der Waals surface area contributed by atoms with Crippen LogP contribution in [0, 0.1) is 6.92 Å². The molecule has 8 heteroatoms. The number of methoxy groups -OCH3 is 1. The Morgan fingerprint density at radius 1 is 1.42 bits per heavy atom. The van der Waals surface area contributed by atoms with Crippen molar-refractivity contribution in [3.8, 4) is 0 Å². The Bertz CT molecular complexity index is 713. The third-order valence-corrected chi connectivity index (χ3v) is 4.67. The van der Waals surface area contributed by atoms with Crippen LogP contribution in [0.5, 0.6) is 0 Å². The molecule has 24 heavy (non-hydrogen) atoms. The highest BCUT2D eigenvalue weighted by molar-refractivity contribution is 9.10. The van der Waals surface area contributed by atoms with Crippen LogP contribution in [-0.2, 0) is 11.3 Å². The van der Waals surface area contributed by atoms with E-state index in [2.05, 4.69) is 54.1 Å². The maximum absolute atomic E-state index is 5.68. The zero-order chi connectivity index (χ0) is 17.1. The summed E-state index contributed by atoms with van der Waals surface area (Å²) in [6, 6.07) is 4.13. The first kappa shape index (κ1) is 17.1. The van der Waals surface area contributed by atoms with Crippen molar-refractivity contribution in [2.45, 2.75) is 25.6 Å². The molecule has 0 bridgehead atoms. The Balaban J connectivity index is 1.66. The zero-order valence-corrected chi connectivity index (χ0v) is 15.3. The van der Waals surface area contributed by atoms with E-state index in [1.807, 2.05) is 12.3 Å². The molecule has 2 atom stereocenters. The third-order valence-electron chi connectivity index (χ3n) is 4.24. The predicted molar refractivity (Wildman–Crippen MR) is 96.8 cm³/mol. The highest BCUT2D eigenvalue weighted by Gasteiger charge is 2.33. The number of hydrogen-bond donors (Lipinski definition) is 2. The van der Waals surface area contributed by atoms with Crippen molar-refractivity contribution in [2.24, 2.45) is 0 Å². The van der Waals surface area contributed by atoms with Crippen LogP contribution in [0.2, 0.25) is 0 Å². The number of pyridine rings is 1. The molecule has 0 spiro atoms. The van der Waals surface area contributed by atoms with Crippen LogP contribution in [-0.4, -0.2) is 47.3 Å². The highest BCUT2D eigenvalue weighted by atomic mass is 79.9. The van der Waals surface area contributed by atoms with Crippen LogP contribution in [0.3, 0.4) is 0 Å². The quantitative estimate of drug-likeness (QED) is 0.796. The number of rotatable bonds is 5. The molecule has 3 heterocycles. The minimum Gasteiger partial charge on any atom is -0.378 e. The van der Waals surface area contributed by atoms with Gasteiger partial charge in [-0.15, -0.1) is 0 Å². The summed E-state index contributed by atoms with van der Waals surface area (Å²) in [7, 11) is 1.74. The third kappa shape index (κ3) is 3.82. The second-order valence-corrected chi connectivity index (χ2v) is 6.77. The lowest BCUT2D eigenvalue weighted by Gasteiger charge is -2.18. The van der Waals surface area contributed by atoms with Gasteiger partial charge < -0.3 is 20.7 Å². The Kier molecular flexibility index (Phi) is 5.27. The molecule has 1 fully saturated rings. The van der Waals surface area contributed by atoms with Crippen LogP contribution < -0.4 is 16.0 Å². The first-order valence-electron chi connectivity index (χ1n) is 7.77. The Labute approximate surface area is 149 Å². The predicted octanol–water partition coefficient (Wildman–Crippen LogP) is 1.52. The summed E-state index contributed by atoms with van der Waals surface area (Å²) in [5, 5.41) is 3.55. The molecule has 1 aliphatic rings. The Morgan fingerprint density at radius 3 is 2.96 bits per heavy atom. The van der Waals surface area contributed by atoms with Gasteiger partial charge in [0.2, 0.25) is 5.95 Å². The van der Waals surface area contributed by atoms with E-state index < -0.39 is 0 Å². The van der Waals surface area contributed by atoms with Gasteiger partial charge in [-0.2, -0.15) is 4.98 Å². The number of hydrogen-bond acceptors (Lipinski definition) is 7. The van der Waals surface area contributed by atoms with E-state index in [1.54, 1.807) is 13.3 Å². The maximum atomic E-state index is 5.68. The summed E-state index contributed by atoms with van der Waals surface area (Å²) in [4.78, 5) is 14.9. The van der Waals surface area contributed by atoms with Gasteiger partial charge in [0.15, 0.2) is 0 Å². The van der Waals surface area contributed by atoms with Gasteiger partial charge in [-0.1, -0.05) is 0 Å². The molecule has 1 saturated heterocycles. The molecule has 0 unspecified atom stereocenters. The molecule has 7 nitrogen and oxygen atoms in total. The van der Waals surface area contributed by atoms with Crippen molar-refractivity contribution in [3.63, 3.8) is 0 Å². The summed E-state index contributed by atoms with van der Waals surface area (Å²) in [6.07, 6.45) is 3.58. The van der Waals surface area contributed by atoms with Crippen LogP contribution in [0.25, 0.3) is 0 Å². The standard InChI is InChI=1S/C16H21BrN6O/c1-10-5-11(17)6-20-12(10)7-21-13-8-23(9-14(13)24-2)15-3-4-19-16(18)22-15/h3-6,13-14,21H,7-9H2,1-2H3,(H2,18,19,22)/t13-,14+/m0/s1. The van der Waals surface area contributed by atoms with Crippen molar-refractivity contribution in [3.05, 3.63) is 40.3 Å². The molecule has 1 aliphatic heterocycles. The van der Waals surface area contributed by atoms with Crippen molar-refractivity contribution in [1.29, 1.82) is 0 Å². The first-order chi connectivity index (χ1) is 11.6. The molecule has 2 aromatic heterocycles. The SMILES string of the molecule is CO[C@@H]1CN(c2ccnc(N)n2)C[C@@H]1NCc1ncc(Br)cc1C. The van der Waals surface area contributed by atoms with Crippen molar-refractivity contribution >= 4 is 27.7 Å². The fourth-order valence-corrected chi connectivity index (χ4v) is 3.36. The number of ether oxygens (including phenoxy) is 1. The molecule has 0 radical (unpaired) electrons. The van der Waals surface area contributed by atoms with Gasteiger partial charge in [0.05, 0.1) is 17.8 Å². The number of nitrogens with zero attached hydrogens (tertiary/aromatic N) is 4. The molecule has 3 rings (SSSR count). The molecular formula is C16H21BrN6O. The monoisotopic (exact) mass is 392 g/mol. The second kappa shape index (κ2) is 7.42. The molecular weight excluding hydrogens is 372 g/mol.